The number of nitrogens with one attached hydrogen (secondary N) is 2. The molecule has 8 nitrogen and oxygen atoms in total. The summed E-state index contributed by atoms with van der Waals surface area (Å²) in [7, 11) is 0. The van der Waals surface area contributed by atoms with E-state index in [9.17, 15) is 19.2 Å². The smallest absolute Gasteiger partial charge is 0.251 e. The van der Waals surface area contributed by atoms with Crippen LogP contribution in [0.2, 0.25) is 0 Å². The quantitative estimate of drug-likeness (QED) is 0.482. The maximum atomic E-state index is 12.9. The lowest BCUT2D eigenvalue weighted by Crippen LogP contribution is -2.40. The Hall–Kier alpha value is -3.36. The van der Waals surface area contributed by atoms with Crippen molar-refractivity contribution < 1.29 is 23.9 Å². The molecule has 2 aromatic carbocycles. The molecule has 0 spiro atoms. The van der Waals surface area contributed by atoms with E-state index >= 15 is 0 Å². The number of hydrogen-bond acceptors (Lipinski definition) is 6. The van der Waals surface area contributed by atoms with Gasteiger partial charge in [-0.3, -0.25) is 29.4 Å². The summed E-state index contributed by atoms with van der Waals surface area (Å²) in [4.78, 5) is 51.6. The number of aryl methyl sites for hydroxylation is 1. The molecular formula is C31H37N3O5. The topological polar surface area (TPSA) is 105 Å². The predicted octanol–water partition coefficient (Wildman–Crippen LogP) is 2.99. The second kappa shape index (κ2) is 12.2. The van der Waals surface area contributed by atoms with Gasteiger partial charge in [0.2, 0.25) is 11.8 Å². The fraction of sp³-hybridized carbons (Fsp3) is 0.484. The van der Waals surface area contributed by atoms with Crippen LogP contribution >= 0.6 is 0 Å². The molecule has 2 atom stereocenters. The monoisotopic (exact) mass is 531 g/mol. The van der Waals surface area contributed by atoms with Crippen LogP contribution in [-0.4, -0.2) is 61.3 Å². The van der Waals surface area contributed by atoms with Crippen molar-refractivity contribution in [1.29, 1.82) is 0 Å². The van der Waals surface area contributed by atoms with Gasteiger partial charge in [-0.1, -0.05) is 24.3 Å². The van der Waals surface area contributed by atoms with Crippen molar-refractivity contribution in [3.63, 3.8) is 0 Å². The third-order valence-electron chi connectivity index (χ3n) is 8.35. The molecule has 0 saturated carbocycles. The van der Waals surface area contributed by atoms with Crippen molar-refractivity contribution in [2.24, 2.45) is 11.8 Å². The molecule has 0 aromatic heterocycles. The van der Waals surface area contributed by atoms with E-state index in [1.54, 1.807) is 0 Å². The van der Waals surface area contributed by atoms with Crippen molar-refractivity contribution >= 4 is 23.5 Å². The van der Waals surface area contributed by atoms with Gasteiger partial charge in [-0.2, -0.15) is 0 Å². The average Bonchev–Trinajstić information content (AvgIpc) is 3.25. The van der Waals surface area contributed by atoms with E-state index < -0.39 is 0 Å². The number of ketones is 1. The second-order valence-corrected chi connectivity index (χ2v) is 11.0. The largest absolute Gasteiger partial charge is 0.379 e. The molecule has 3 aliphatic rings. The summed E-state index contributed by atoms with van der Waals surface area (Å²) in [6.45, 7) is 6.97. The number of piperidine rings is 1. The lowest BCUT2D eigenvalue weighted by molar-refractivity contribution is -0.136. The highest BCUT2D eigenvalue weighted by atomic mass is 16.5. The summed E-state index contributed by atoms with van der Waals surface area (Å²) in [6.07, 6.45) is 3.76. The van der Waals surface area contributed by atoms with Gasteiger partial charge >= 0.3 is 0 Å². The van der Waals surface area contributed by atoms with Crippen LogP contribution in [0.15, 0.2) is 36.4 Å². The molecule has 2 fully saturated rings. The van der Waals surface area contributed by atoms with Crippen LogP contribution in [0.1, 0.15) is 68.7 Å². The normalized spacial score (nSPS) is 21.5. The highest BCUT2D eigenvalue weighted by molar-refractivity contribution is 6.02. The zero-order chi connectivity index (χ0) is 27.4. The number of amides is 3. The Kier molecular flexibility index (Phi) is 8.53. The van der Waals surface area contributed by atoms with Gasteiger partial charge in [0, 0.05) is 55.6 Å². The summed E-state index contributed by atoms with van der Waals surface area (Å²) in [5.74, 6) is -0.766. The van der Waals surface area contributed by atoms with Crippen LogP contribution in [-0.2, 0) is 33.7 Å². The first-order chi connectivity index (χ1) is 18.9. The van der Waals surface area contributed by atoms with Gasteiger partial charge in [0.25, 0.3) is 5.91 Å². The molecular weight excluding hydrogens is 494 g/mol. The summed E-state index contributed by atoms with van der Waals surface area (Å²) in [5.41, 5.74) is 5.72. The number of carbonyl (C=O) groups is 4. The van der Waals surface area contributed by atoms with Gasteiger partial charge in [-0.15, -0.1) is 0 Å². The van der Waals surface area contributed by atoms with E-state index in [1.807, 2.05) is 30.3 Å². The number of nitrogens with zero attached hydrogens (tertiary/aromatic N) is 1. The molecule has 206 valence electrons. The van der Waals surface area contributed by atoms with E-state index in [2.05, 4.69) is 28.5 Å². The number of hydrogen-bond donors (Lipinski definition) is 2. The fourth-order valence-corrected chi connectivity index (χ4v) is 5.90. The number of benzene rings is 2. The number of morpholine rings is 1. The lowest BCUT2D eigenvalue weighted by Gasteiger charge is -2.26. The first-order valence-corrected chi connectivity index (χ1v) is 14.0. The standard InChI is InChI=1S/C31H37N3O5/c1-20-16-25(6-3-22(20)10-11-34-12-14-39-15-13-34)30(37)32-19-21-2-8-27-26(17-21)18-24(29(27)36)5-4-23-7-9-28(35)33-31(23)38/h2-3,6,8,16-17,23-24H,4-5,7,9-15,18-19H2,1H3,(H,32,37)(H,33,35,38). The highest BCUT2D eigenvalue weighted by Crippen LogP contribution is 2.32. The Morgan fingerprint density at radius 3 is 2.62 bits per heavy atom. The Balaban J connectivity index is 1.12. The van der Waals surface area contributed by atoms with E-state index in [4.69, 9.17) is 4.74 Å². The number of rotatable bonds is 9. The SMILES string of the molecule is Cc1cc(C(=O)NCc2ccc3c(c2)CC(CCC2CCC(=O)NC2=O)C3=O)ccc1CCN1CCOCC1. The molecule has 5 rings (SSSR count). The van der Waals surface area contributed by atoms with Crippen molar-refractivity contribution in [1.82, 2.24) is 15.5 Å². The Labute approximate surface area is 229 Å². The Morgan fingerprint density at radius 2 is 1.85 bits per heavy atom. The Morgan fingerprint density at radius 1 is 1.05 bits per heavy atom. The van der Waals surface area contributed by atoms with Crippen molar-refractivity contribution in [2.45, 2.75) is 52.0 Å². The van der Waals surface area contributed by atoms with Crippen LogP contribution < -0.4 is 10.6 Å². The number of fused-ring (bicyclic) bond motifs is 1. The number of Topliss-reactive ketones (excluding diaryl/α,β-unsaturated/α-hetero) is 1. The molecule has 0 bridgehead atoms. The summed E-state index contributed by atoms with van der Waals surface area (Å²) in [6, 6.07) is 11.7. The van der Waals surface area contributed by atoms with Crippen LogP contribution in [0, 0.1) is 18.8 Å². The molecule has 0 radical (unpaired) electrons. The first kappa shape index (κ1) is 27.2. The molecule has 2 heterocycles. The maximum Gasteiger partial charge on any atom is 0.251 e. The third-order valence-corrected chi connectivity index (χ3v) is 8.35. The van der Waals surface area contributed by atoms with Crippen molar-refractivity contribution in [3.8, 4) is 0 Å². The zero-order valence-corrected chi connectivity index (χ0v) is 22.6. The minimum atomic E-state index is -0.218. The van der Waals surface area contributed by atoms with Gasteiger partial charge in [0.1, 0.15) is 0 Å². The number of imide groups is 1. The molecule has 39 heavy (non-hydrogen) atoms. The molecule has 3 amide bonds. The highest BCUT2D eigenvalue weighted by Gasteiger charge is 2.33. The molecule has 2 aliphatic heterocycles. The van der Waals surface area contributed by atoms with Crippen LogP contribution in [0.25, 0.3) is 0 Å². The number of ether oxygens (including phenoxy) is 1. The minimum absolute atomic E-state index is 0.114. The average molecular weight is 532 g/mol. The van der Waals surface area contributed by atoms with E-state index in [1.165, 1.54) is 5.56 Å². The lowest BCUT2D eigenvalue weighted by atomic mass is 9.88. The van der Waals surface area contributed by atoms with Crippen molar-refractivity contribution in [3.05, 3.63) is 69.8 Å². The van der Waals surface area contributed by atoms with Crippen LogP contribution in [0.5, 0.6) is 0 Å². The maximum absolute atomic E-state index is 12.9. The van der Waals surface area contributed by atoms with Crippen LogP contribution in [0.3, 0.4) is 0 Å². The molecule has 2 saturated heterocycles. The molecule has 2 aromatic rings. The summed E-state index contributed by atoms with van der Waals surface area (Å²) in [5, 5.41) is 5.41. The Bertz CT molecular complexity index is 1270. The van der Waals surface area contributed by atoms with E-state index in [0.29, 0.717) is 44.2 Å². The first-order valence-electron chi connectivity index (χ1n) is 14.0. The van der Waals surface area contributed by atoms with E-state index in [-0.39, 0.29) is 35.3 Å². The van der Waals surface area contributed by atoms with Crippen molar-refractivity contribution in [2.75, 3.05) is 32.8 Å². The van der Waals surface area contributed by atoms with E-state index in [0.717, 1.165) is 61.5 Å². The summed E-state index contributed by atoms with van der Waals surface area (Å²) >= 11 is 0. The minimum Gasteiger partial charge on any atom is -0.379 e. The molecule has 2 unspecified atom stereocenters. The third kappa shape index (κ3) is 6.62. The van der Waals surface area contributed by atoms with Gasteiger partial charge in [0.15, 0.2) is 5.78 Å². The molecule has 1 aliphatic carbocycles. The van der Waals surface area contributed by atoms with Gasteiger partial charge in [-0.05, 0) is 73.4 Å². The predicted molar refractivity (Wildman–Crippen MR) is 146 cm³/mol. The van der Waals surface area contributed by atoms with Gasteiger partial charge in [-0.25, -0.2) is 0 Å². The fourth-order valence-electron chi connectivity index (χ4n) is 5.90. The zero-order valence-electron chi connectivity index (χ0n) is 22.6. The molecule has 2 N–H and O–H groups in total. The molecule has 8 heteroatoms. The second-order valence-electron chi connectivity index (χ2n) is 11.0. The number of carbonyl (C=O) groups excluding carboxylic acids is 4. The van der Waals surface area contributed by atoms with Gasteiger partial charge < -0.3 is 10.1 Å². The van der Waals surface area contributed by atoms with Gasteiger partial charge in [0.05, 0.1) is 13.2 Å². The van der Waals surface area contributed by atoms with Crippen LogP contribution in [0.4, 0.5) is 0 Å². The summed E-state index contributed by atoms with van der Waals surface area (Å²) < 4.78 is 5.42.